The van der Waals surface area contributed by atoms with E-state index in [0.29, 0.717) is 19.4 Å². The molecule has 0 amide bonds. The van der Waals surface area contributed by atoms with Gasteiger partial charge in [-0.1, -0.05) is 31.5 Å². The first kappa shape index (κ1) is 18.8. The van der Waals surface area contributed by atoms with Crippen molar-refractivity contribution in [2.75, 3.05) is 6.61 Å². The second-order valence-electron chi connectivity index (χ2n) is 9.04. The van der Waals surface area contributed by atoms with E-state index in [4.69, 9.17) is 9.47 Å². The highest BCUT2D eigenvalue weighted by atomic mass is 16.8. The van der Waals surface area contributed by atoms with E-state index in [1.165, 1.54) is 5.56 Å². The first-order valence-electron chi connectivity index (χ1n) is 10.2. The summed E-state index contributed by atoms with van der Waals surface area (Å²) in [6.45, 7) is 10.6. The first-order chi connectivity index (χ1) is 12.7. The number of carbonyl (C=O) groups excluding carboxylic acids is 2. The van der Waals surface area contributed by atoms with Crippen molar-refractivity contribution in [2.45, 2.75) is 77.6 Å². The molecule has 4 heteroatoms. The standard InChI is InChI=1S/C23H30O4/c1-6-14-8-13(3)9-15(7-2)18(14)19-20(24)16-10-23(11-17(16)21(19)25)12-26-22(4,5)27-23/h8-9,16-17,19H,6-7,10-12H2,1-5H3/t16-,17+,19?,23?. The van der Waals surface area contributed by atoms with Gasteiger partial charge in [0.15, 0.2) is 17.4 Å². The van der Waals surface area contributed by atoms with Crippen LogP contribution >= 0.6 is 0 Å². The number of ether oxygens (including phenoxy) is 2. The first-order valence-corrected chi connectivity index (χ1v) is 10.2. The minimum absolute atomic E-state index is 0.100. The topological polar surface area (TPSA) is 52.6 Å². The molecule has 1 saturated heterocycles. The molecule has 4 nitrogen and oxygen atoms in total. The summed E-state index contributed by atoms with van der Waals surface area (Å²) in [6, 6.07) is 4.28. The molecule has 2 aliphatic carbocycles. The Bertz CT molecular complexity index is 758. The second kappa shape index (κ2) is 6.25. The van der Waals surface area contributed by atoms with Crippen LogP contribution in [0.3, 0.4) is 0 Å². The number of fused-ring (bicyclic) bond motifs is 1. The number of carbonyl (C=O) groups is 2. The molecule has 3 aliphatic rings. The minimum atomic E-state index is -0.633. The van der Waals surface area contributed by atoms with Gasteiger partial charge in [0.2, 0.25) is 0 Å². The fourth-order valence-electron chi connectivity index (χ4n) is 5.62. The van der Waals surface area contributed by atoms with Crippen molar-refractivity contribution in [1.82, 2.24) is 0 Å². The van der Waals surface area contributed by atoms with Gasteiger partial charge in [-0.25, -0.2) is 0 Å². The van der Waals surface area contributed by atoms with E-state index in [1.54, 1.807) is 0 Å². The predicted molar refractivity (Wildman–Crippen MR) is 103 cm³/mol. The minimum Gasteiger partial charge on any atom is -0.347 e. The molecule has 2 unspecified atom stereocenters. The van der Waals surface area contributed by atoms with Gasteiger partial charge in [0.1, 0.15) is 5.92 Å². The lowest BCUT2D eigenvalue weighted by Crippen LogP contribution is -2.34. The van der Waals surface area contributed by atoms with E-state index in [0.717, 1.165) is 29.5 Å². The second-order valence-corrected chi connectivity index (χ2v) is 9.04. The quantitative estimate of drug-likeness (QED) is 0.757. The van der Waals surface area contributed by atoms with Crippen molar-refractivity contribution in [3.8, 4) is 0 Å². The SMILES string of the molecule is CCc1cc(C)cc(CC)c1C1C(=O)[C@H]2CC3(COC(C)(C)O3)C[C@H]2C1=O. The number of hydrogen-bond donors (Lipinski definition) is 0. The summed E-state index contributed by atoms with van der Waals surface area (Å²) in [6.07, 6.45) is 2.89. The van der Waals surface area contributed by atoms with E-state index < -0.39 is 17.3 Å². The van der Waals surface area contributed by atoms with Gasteiger partial charge < -0.3 is 9.47 Å². The van der Waals surface area contributed by atoms with Crippen molar-refractivity contribution in [2.24, 2.45) is 11.8 Å². The van der Waals surface area contributed by atoms with Gasteiger partial charge in [0.25, 0.3) is 0 Å². The van der Waals surface area contributed by atoms with Crippen molar-refractivity contribution in [1.29, 1.82) is 0 Å². The van der Waals surface area contributed by atoms with Gasteiger partial charge in [-0.15, -0.1) is 0 Å². The molecular formula is C23H30O4. The lowest BCUT2D eigenvalue weighted by atomic mass is 9.82. The molecule has 1 aliphatic heterocycles. The molecule has 1 heterocycles. The number of benzene rings is 1. The Hall–Kier alpha value is -1.52. The average Bonchev–Trinajstić information content (AvgIpc) is 3.20. The van der Waals surface area contributed by atoms with E-state index in [2.05, 4.69) is 32.9 Å². The molecular weight excluding hydrogens is 340 g/mol. The van der Waals surface area contributed by atoms with Gasteiger partial charge in [-0.3, -0.25) is 9.59 Å². The highest BCUT2D eigenvalue weighted by Crippen LogP contribution is 2.54. The van der Waals surface area contributed by atoms with Crippen molar-refractivity contribution < 1.29 is 19.1 Å². The Balaban J connectivity index is 1.69. The third-order valence-corrected chi connectivity index (χ3v) is 6.66. The number of rotatable bonds is 3. The van der Waals surface area contributed by atoms with Gasteiger partial charge in [-0.2, -0.15) is 0 Å². The molecule has 0 radical (unpaired) electrons. The zero-order valence-electron chi connectivity index (χ0n) is 17.1. The van der Waals surface area contributed by atoms with Crippen LogP contribution in [0.15, 0.2) is 12.1 Å². The van der Waals surface area contributed by atoms with Crippen LogP contribution in [0.5, 0.6) is 0 Å². The maximum absolute atomic E-state index is 13.4. The molecule has 27 heavy (non-hydrogen) atoms. The van der Waals surface area contributed by atoms with Crippen LogP contribution in [-0.2, 0) is 31.9 Å². The maximum Gasteiger partial charge on any atom is 0.163 e. The van der Waals surface area contributed by atoms with Crippen LogP contribution in [0, 0.1) is 18.8 Å². The summed E-state index contributed by atoms with van der Waals surface area (Å²) >= 11 is 0. The molecule has 2 saturated carbocycles. The summed E-state index contributed by atoms with van der Waals surface area (Å²) in [5, 5.41) is 0. The number of Topliss-reactive ketones (excluding diaryl/α,β-unsaturated/α-hetero) is 2. The van der Waals surface area contributed by atoms with Crippen LogP contribution in [0.2, 0.25) is 0 Å². The summed E-state index contributed by atoms with van der Waals surface area (Å²) in [4.78, 5) is 26.8. The van der Waals surface area contributed by atoms with Crippen LogP contribution in [0.1, 0.15) is 68.7 Å². The van der Waals surface area contributed by atoms with Gasteiger partial charge in [-0.05, 0) is 63.1 Å². The summed E-state index contributed by atoms with van der Waals surface area (Å²) in [7, 11) is 0. The molecule has 1 spiro atoms. The lowest BCUT2D eigenvalue weighted by molar-refractivity contribution is -0.162. The van der Waals surface area contributed by atoms with Crippen molar-refractivity contribution in [3.05, 3.63) is 34.4 Å². The lowest BCUT2D eigenvalue weighted by Gasteiger charge is -2.26. The molecule has 0 N–H and O–H groups in total. The maximum atomic E-state index is 13.4. The van der Waals surface area contributed by atoms with E-state index in [-0.39, 0.29) is 23.4 Å². The summed E-state index contributed by atoms with van der Waals surface area (Å²) in [5.41, 5.74) is 4.02. The number of ketones is 2. The predicted octanol–water partition coefficient (Wildman–Crippen LogP) is 3.90. The number of hydrogen-bond acceptors (Lipinski definition) is 4. The molecule has 4 rings (SSSR count). The Morgan fingerprint density at radius 1 is 1.00 bits per heavy atom. The summed E-state index contributed by atoms with van der Waals surface area (Å²) in [5.74, 6) is -1.47. The monoisotopic (exact) mass is 370 g/mol. The number of aryl methyl sites for hydroxylation is 3. The fourth-order valence-corrected chi connectivity index (χ4v) is 5.62. The van der Waals surface area contributed by atoms with Crippen LogP contribution in [0.25, 0.3) is 0 Å². The van der Waals surface area contributed by atoms with Crippen LogP contribution in [-0.4, -0.2) is 29.6 Å². The van der Waals surface area contributed by atoms with Crippen LogP contribution in [0.4, 0.5) is 0 Å². The van der Waals surface area contributed by atoms with Gasteiger partial charge in [0, 0.05) is 11.8 Å². The third-order valence-electron chi connectivity index (χ3n) is 6.66. The normalized spacial score (nSPS) is 34.6. The molecule has 3 fully saturated rings. The Morgan fingerprint density at radius 3 is 1.93 bits per heavy atom. The smallest absolute Gasteiger partial charge is 0.163 e. The van der Waals surface area contributed by atoms with Gasteiger partial charge in [0.05, 0.1) is 12.2 Å². The molecule has 4 atom stereocenters. The highest BCUT2D eigenvalue weighted by molar-refractivity contribution is 6.16. The molecule has 146 valence electrons. The zero-order valence-corrected chi connectivity index (χ0v) is 17.1. The zero-order chi connectivity index (χ0) is 19.6. The fraction of sp³-hybridized carbons (Fsp3) is 0.652. The molecule has 1 aromatic rings. The van der Waals surface area contributed by atoms with Crippen molar-refractivity contribution >= 4 is 11.6 Å². The van der Waals surface area contributed by atoms with Crippen LogP contribution < -0.4 is 0 Å². The van der Waals surface area contributed by atoms with E-state index in [9.17, 15) is 9.59 Å². The highest BCUT2D eigenvalue weighted by Gasteiger charge is 2.62. The summed E-state index contributed by atoms with van der Waals surface area (Å²) < 4.78 is 11.9. The largest absolute Gasteiger partial charge is 0.347 e. The Kier molecular flexibility index (Phi) is 4.36. The van der Waals surface area contributed by atoms with E-state index >= 15 is 0 Å². The average molecular weight is 370 g/mol. The van der Waals surface area contributed by atoms with Crippen molar-refractivity contribution in [3.63, 3.8) is 0 Å². The van der Waals surface area contributed by atoms with E-state index in [1.807, 2.05) is 13.8 Å². The molecule has 0 aromatic heterocycles. The molecule has 0 bridgehead atoms. The Labute approximate surface area is 161 Å². The molecule has 1 aromatic carbocycles. The third kappa shape index (κ3) is 2.89. The Morgan fingerprint density at radius 2 is 1.52 bits per heavy atom. The van der Waals surface area contributed by atoms with Gasteiger partial charge >= 0.3 is 0 Å².